The molecule has 8 nitrogen and oxygen atoms in total. The molecule has 0 atom stereocenters. The third-order valence-corrected chi connectivity index (χ3v) is 6.25. The zero-order valence-corrected chi connectivity index (χ0v) is 19.5. The lowest BCUT2D eigenvalue weighted by Crippen LogP contribution is -2.34. The second kappa shape index (κ2) is 9.80. The van der Waals surface area contributed by atoms with Crippen LogP contribution in [0, 0.1) is 10.5 Å². The van der Waals surface area contributed by atoms with Gasteiger partial charge in [0.1, 0.15) is 4.64 Å². The van der Waals surface area contributed by atoms with E-state index in [1.165, 1.54) is 13.1 Å². The van der Waals surface area contributed by atoms with E-state index in [1.807, 2.05) is 25.1 Å². The van der Waals surface area contributed by atoms with Crippen LogP contribution in [-0.4, -0.2) is 46.6 Å². The van der Waals surface area contributed by atoms with Crippen LogP contribution in [0.1, 0.15) is 35.8 Å². The second-order valence-electron chi connectivity index (χ2n) is 8.06. The third kappa shape index (κ3) is 4.96. The smallest absolute Gasteiger partial charge is 0.326 e. The predicted octanol–water partition coefficient (Wildman–Crippen LogP) is 2.73. The number of hydrogen-bond acceptors (Lipinski definition) is 6. The van der Waals surface area contributed by atoms with Crippen LogP contribution in [-0.2, 0) is 13.1 Å². The monoisotopic (exact) mass is 470 g/mol. The maximum Gasteiger partial charge on any atom is 0.326 e. The summed E-state index contributed by atoms with van der Waals surface area (Å²) in [4.78, 5) is 32.9. The van der Waals surface area contributed by atoms with E-state index >= 15 is 0 Å². The van der Waals surface area contributed by atoms with E-state index in [0.29, 0.717) is 42.5 Å². The molecule has 3 N–H and O–H groups in total. The van der Waals surface area contributed by atoms with Gasteiger partial charge in [0, 0.05) is 50.7 Å². The highest BCUT2D eigenvalue weighted by atomic mass is 32.1. The number of H-pyrrole nitrogens is 1. The first-order valence-electron chi connectivity index (χ1n) is 11.0. The van der Waals surface area contributed by atoms with Crippen molar-refractivity contribution < 1.29 is 9.18 Å². The topological polar surface area (TPSA) is 95.1 Å². The molecule has 2 aromatic heterocycles. The van der Waals surface area contributed by atoms with E-state index in [-0.39, 0.29) is 11.4 Å². The predicted molar refractivity (Wildman–Crippen MR) is 129 cm³/mol. The van der Waals surface area contributed by atoms with Crippen LogP contribution < -0.4 is 21.2 Å². The molecule has 1 saturated carbocycles. The summed E-state index contributed by atoms with van der Waals surface area (Å²) in [5.74, 6) is -1.16. The third-order valence-electron chi connectivity index (χ3n) is 5.81. The summed E-state index contributed by atoms with van der Waals surface area (Å²) < 4.78 is 16.5. The fourth-order valence-corrected chi connectivity index (χ4v) is 4.30. The molecule has 0 saturated heterocycles. The largest absolute Gasteiger partial charge is 0.366 e. The summed E-state index contributed by atoms with van der Waals surface area (Å²) >= 11 is 5.44. The molecule has 0 spiro atoms. The van der Waals surface area contributed by atoms with Crippen LogP contribution in [0.5, 0.6) is 0 Å². The van der Waals surface area contributed by atoms with Gasteiger partial charge in [-0.25, -0.2) is 14.2 Å². The fourth-order valence-electron chi connectivity index (χ4n) is 3.91. The number of anilines is 1. The first kappa shape index (κ1) is 23.1. The molecule has 0 aliphatic heterocycles. The number of fused-ring (bicyclic) bond motifs is 1. The number of rotatable bonds is 9. The van der Waals surface area contributed by atoms with Crippen molar-refractivity contribution in [2.75, 3.05) is 25.0 Å². The number of nitrogens with zero attached hydrogens (tertiary/aromatic N) is 3. The van der Waals surface area contributed by atoms with Crippen molar-refractivity contribution in [3.63, 3.8) is 0 Å². The minimum Gasteiger partial charge on any atom is -0.366 e. The van der Waals surface area contributed by atoms with Crippen molar-refractivity contribution in [2.24, 2.45) is 0 Å². The van der Waals surface area contributed by atoms with Crippen molar-refractivity contribution in [1.82, 2.24) is 25.2 Å². The van der Waals surface area contributed by atoms with Gasteiger partial charge in [0.25, 0.3) is 5.91 Å². The molecule has 3 aromatic rings. The van der Waals surface area contributed by atoms with Gasteiger partial charge in [-0.1, -0.05) is 18.3 Å². The van der Waals surface area contributed by atoms with Crippen molar-refractivity contribution in [2.45, 2.75) is 38.9 Å². The van der Waals surface area contributed by atoms with Crippen molar-refractivity contribution in [3.8, 4) is 0 Å². The van der Waals surface area contributed by atoms with Gasteiger partial charge < -0.3 is 20.5 Å². The molecule has 1 amide bonds. The molecule has 4 rings (SSSR count). The summed E-state index contributed by atoms with van der Waals surface area (Å²) in [5.41, 5.74) is 2.03. The molecule has 33 heavy (non-hydrogen) atoms. The quantitative estimate of drug-likeness (QED) is 0.329. The molecule has 1 fully saturated rings. The Morgan fingerprint density at radius 1 is 1.36 bits per heavy atom. The van der Waals surface area contributed by atoms with Gasteiger partial charge in [-0.05, 0) is 37.5 Å². The summed E-state index contributed by atoms with van der Waals surface area (Å²) in [6.45, 7) is 4.40. The number of amides is 1. The molecule has 2 heterocycles. The number of pyridine rings is 1. The molecule has 10 heteroatoms. The van der Waals surface area contributed by atoms with Crippen molar-refractivity contribution in [1.29, 1.82) is 0 Å². The highest BCUT2D eigenvalue weighted by Crippen LogP contribution is 2.31. The van der Waals surface area contributed by atoms with E-state index in [9.17, 15) is 14.0 Å². The number of hydrogen-bond donors (Lipinski definition) is 3. The lowest BCUT2D eigenvalue weighted by atomic mass is 10.1. The van der Waals surface area contributed by atoms with E-state index in [2.05, 4.69) is 25.5 Å². The number of carbonyl (C=O) groups is 1. The number of nitrogens with one attached hydrogen (secondary N) is 3. The molecule has 1 aliphatic rings. The first-order chi connectivity index (χ1) is 15.9. The maximum atomic E-state index is 14.4. The van der Waals surface area contributed by atoms with Gasteiger partial charge in [-0.3, -0.25) is 9.36 Å². The Labute approximate surface area is 195 Å². The zero-order chi connectivity index (χ0) is 23.5. The van der Waals surface area contributed by atoms with Crippen LogP contribution in [0.3, 0.4) is 0 Å². The minimum absolute atomic E-state index is 0.198. The van der Waals surface area contributed by atoms with Crippen molar-refractivity contribution in [3.05, 3.63) is 62.7 Å². The number of carbonyl (C=O) groups excluding carboxylic acids is 1. The maximum absolute atomic E-state index is 14.4. The van der Waals surface area contributed by atoms with Gasteiger partial charge >= 0.3 is 5.69 Å². The number of halogens is 1. The van der Waals surface area contributed by atoms with E-state index in [0.717, 1.165) is 29.3 Å². The van der Waals surface area contributed by atoms with Crippen LogP contribution >= 0.6 is 12.2 Å². The number of aromatic amines is 1. The Hall–Kier alpha value is -3.11. The highest BCUT2D eigenvalue weighted by Gasteiger charge is 2.29. The van der Waals surface area contributed by atoms with Gasteiger partial charge in [-0.15, -0.1) is 0 Å². The van der Waals surface area contributed by atoms with E-state index < -0.39 is 11.7 Å². The summed E-state index contributed by atoms with van der Waals surface area (Å²) in [6, 6.07) is 7.62. The molecular weight excluding hydrogens is 443 g/mol. The molecule has 0 radical (unpaired) electrons. The van der Waals surface area contributed by atoms with Crippen LogP contribution in [0.25, 0.3) is 10.9 Å². The molecule has 174 valence electrons. The fraction of sp³-hybridized carbons (Fsp3) is 0.391. The lowest BCUT2D eigenvalue weighted by molar-refractivity contribution is 0.0953. The van der Waals surface area contributed by atoms with Gasteiger partial charge in [-0.2, -0.15) is 0 Å². The normalized spacial score (nSPS) is 13.3. The van der Waals surface area contributed by atoms with Crippen LogP contribution in [0.4, 0.5) is 10.1 Å². The zero-order valence-electron chi connectivity index (χ0n) is 18.7. The molecule has 1 aromatic carbocycles. The molecule has 1 aliphatic carbocycles. The minimum atomic E-state index is -0.624. The molecule has 0 bridgehead atoms. The molecular formula is C23H27FN6O2S. The van der Waals surface area contributed by atoms with Gasteiger partial charge in [0.15, 0.2) is 11.5 Å². The second-order valence-corrected chi connectivity index (χ2v) is 8.45. The average Bonchev–Trinajstić information content (AvgIpc) is 3.64. The standard InChI is InChI=1S/C23H27FN6O2S/c1-3-29-22(33)17-7-4-14(10-19(17)28-23(29)32)12-26-8-9-30(15-5-6-15)16-11-18(24)20(27-13-16)21(31)25-2/h4,7,10-11,13,15,26H,3,5-6,8-9,12H2,1-2H3,(H,25,31)(H,28,32). The Bertz CT molecular complexity index is 1300. The Morgan fingerprint density at radius 3 is 2.82 bits per heavy atom. The Kier molecular flexibility index (Phi) is 6.85. The highest BCUT2D eigenvalue weighted by molar-refractivity contribution is 7.71. The van der Waals surface area contributed by atoms with Crippen molar-refractivity contribution >= 4 is 34.7 Å². The Morgan fingerprint density at radius 2 is 2.15 bits per heavy atom. The summed E-state index contributed by atoms with van der Waals surface area (Å²) in [7, 11) is 1.45. The Balaban J connectivity index is 1.40. The average molecular weight is 471 g/mol. The number of benzene rings is 1. The summed E-state index contributed by atoms with van der Waals surface area (Å²) in [5, 5.41) is 6.66. The SMILES string of the molecule is CCn1c(=O)[nH]c2cc(CNCCN(c3cnc(C(=O)NC)c(F)c3)C3CC3)ccc2c1=S. The van der Waals surface area contributed by atoms with E-state index in [1.54, 1.807) is 10.8 Å². The molecule has 0 unspecified atom stereocenters. The van der Waals surface area contributed by atoms with Crippen LogP contribution in [0.15, 0.2) is 35.3 Å². The first-order valence-corrected chi connectivity index (χ1v) is 11.4. The number of aromatic nitrogens is 3. The van der Waals surface area contributed by atoms with E-state index in [4.69, 9.17) is 12.2 Å². The lowest BCUT2D eigenvalue weighted by Gasteiger charge is -2.25. The van der Waals surface area contributed by atoms with Gasteiger partial charge in [0.05, 0.1) is 17.4 Å². The van der Waals surface area contributed by atoms with Crippen LogP contribution in [0.2, 0.25) is 0 Å². The summed E-state index contributed by atoms with van der Waals surface area (Å²) in [6.07, 6.45) is 3.66. The van der Waals surface area contributed by atoms with Gasteiger partial charge in [0.2, 0.25) is 0 Å².